The number of hydrogen-bond donors (Lipinski definition) is 1. The topological polar surface area (TPSA) is 56.9 Å². The van der Waals surface area contributed by atoms with Crippen LogP contribution < -0.4 is 0 Å². The molecule has 0 spiro atoms. The number of carbonyl (C=O) groups is 1. The minimum Gasteiger partial charge on any atom is -0.468 e. The van der Waals surface area contributed by atoms with Crippen molar-refractivity contribution < 1.29 is 14.3 Å². The SMILES string of the molecule is CN(Cc1ccco1)C[C@@]1(O)CCCN(CCCc2ccccc2)C1=O. The Labute approximate surface area is 155 Å². The highest BCUT2D eigenvalue weighted by Gasteiger charge is 2.42. The molecule has 0 aliphatic carbocycles. The number of rotatable bonds is 8. The van der Waals surface area contributed by atoms with E-state index in [1.807, 2.05) is 47.2 Å². The predicted molar refractivity (Wildman–Crippen MR) is 101 cm³/mol. The molecule has 26 heavy (non-hydrogen) atoms. The predicted octanol–water partition coefficient (Wildman–Crippen LogP) is 2.70. The molecule has 1 aromatic heterocycles. The van der Waals surface area contributed by atoms with Crippen molar-refractivity contribution in [1.29, 1.82) is 0 Å². The van der Waals surface area contributed by atoms with Crippen molar-refractivity contribution in [2.24, 2.45) is 0 Å². The van der Waals surface area contributed by atoms with E-state index in [-0.39, 0.29) is 5.91 Å². The van der Waals surface area contributed by atoms with Gasteiger partial charge in [-0.15, -0.1) is 0 Å². The van der Waals surface area contributed by atoms with Gasteiger partial charge in [0.2, 0.25) is 0 Å². The first-order chi connectivity index (χ1) is 12.6. The highest BCUT2D eigenvalue weighted by Crippen LogP contribution is 2.24. The van der Waals surface area contributed by atoms with Gasteiger partial charge < -0.3 is 14.4 Å². The molecule has 1 amide bonds. The number of likely N-dealkylation sites (tertiary alicyclic amines) is 1. The quantitative estimate of drug-likeness (QED) is 0.790. The average molecular weight is 356 g/mol. The molecule has 5 nitrogen and oxygen atoms in total. The van der Waals surface area contributed by atoms with E-state index in [9.17, 15) is 9.90 Å². The van der Waals surface area contributed by atoms with Gasteiger partial charge in [0.1, 0.15) is 5.76 Å². The molecular formula is C21H28N2O3. The molecule has 0 bridgehead atoms. The van der Waals surface area contributed by atoms with E-state index in [1.165, 1.54) is 5.56 Å². The maximum atomic E-state index is 12.9. The monoisotopic (exact) mass is 356 g/mol. The molecule has 0 saturated carbocycles. The Morgan fingerprint density at radius 2 is 2.04 bits per heavy atom. The molecule has 1 aromatic carbocycles. The fourth-order valence-electron chi connectivity index (χ4n) is 3.71. The number of aliphatic hydroxyl groups is 1. The number of furan rings is 1. The standard InChI is InChI=1S/C21H28N2O3/c1-22(16-19-11-6-15-26-19)17-21(25)12-7-14-23(20(21)24)13-5-10-18-8-3-2-4-9-18/h2-4,6,8-9,11,15,25H,5,7,10,12-14,16-17H2,1H3/t21-/m0/s1. The number of nitrogens with zero attached hydrogens (tertiary/aromatic N) is 2. The second-order valence-electron chi connectivity index (χ2n) is 7.27. The van der Waals surface area contributed by atoms with Crippen LogP contribution in [-0.2, 0) is 17.8 Å². The lowest BCUT2D eigenvalue weighted by Crippen LogP contribution is -2.58. The van der Waals surface area contributed by atoms with E-state index in [2.05, 4.69) is 12.1 Å². The molecule has 0 unspecified atom stereocenters. The van der Waals surface area contributed by atoms with Crippen molar-refractivity contribution in [3.05, 3.63) is 60.1 Å². The van der Waals surface area contributed by atoms with E-state index in [0.29, 0.717) is 26.1 Å². The van der Waals surface area contributed by atoms with Gasteiger partial charge in [0.25, 0.3) is 5.91 Å². The van der Waals surface area contributed by atoms with Crippen molar-refractivity contribution >= 4 is 5.91 Å². The fourth-order valence-corrected chi connectivity index (χ4v) is 3.71. The third kappa shape index (κ3) is 4.74. The lowest BCUT2D eigenvalue weighted by molar-refractivity contribution is -0.159. The smallest absolute Gasteiger partial charge is 0.255 e. The Morgan fingerprint density at radius 1 is 1.23 bits per heavy atom. The molecule has 0 radical (unpaired) electrons. The summed E-state index contributed by atoms with van der Waals surface area (Å²) in [4.78, 5) is 16.6. The average Bonchev–Trinajstić information content (AvgIpc) is 3.12. The molecule has 1 atom stereocenters. The first-order valence-corrected chi connectivity index (χ1v) is 9.33. The van der Waals surface area contributed by atoms with E-state index >= 15 is 0 Å². The Balaban J connectivity index is 1.52. The van der Waals surface area contributed by atoms with Crippen LogP contribution in [0.1, 0.15) is 30.6 Å². The summed E-state index contributed by atoms with van der Waals surface area (Å²) >= 11 is 0. The third-order valence-electron chi connectivity index (χ3n) is 4.98. The van der Waals surface area contributed by atoms with Crippen molar-refractivity contribution in [3.63, 3.8) is 0 Å². The van der Waals surface area contributed by atoms with Crippen LogP contribution in [0.5, 0.6) is 0 Å². The van der Waals surface area contributed by atoms with Gasteiger partial charge in [-0.25, -0.2) is 0 Å². The van der Waals surface area contributed by atoms with Crippen LogP contribution in [0.2, 0.25) is 0 Å². The highest BCUT2D eigenvalue weighted by atomic mass is 16.3. The molecule has 1 aliphatic rings. The van der Waals surface area contributed by atoms with Crippen LogP contribution in [0, 0.1) is 0 Å². The van der Waals surface area contributed by atoms with Crippen molar-refractivity contribution in [2.45, 2.75) is 37.8 Å². The zero-order chi connectivity index (χ0) is 18.4. The van der Waals surface area contributed by atoms with Crippen LogP contribution in [0.15, 0.2) is 53.1 Å². The number of benzene rings is 1. The van der Waals surface area contributed by atoms with Crippen LogP contribution in [0.4, 0.5) is 0 Å². The number of piperidine rings is 1. The van der Waals surface area contributed by atoms with Gasteiger partial charge >= 0.3 is 0 Å². The molecule has 140 valence electrons. The number of amides is 1. The van der Waals surface area contributed by atoms with Gasteiger partial charge in [-0.2, -0.15) is 0 Å². The molecular weight excluding hydrogens is 328 g/mol. The van der Waals surface area contributed by atoms with E-state index in [0.717, 1.165) is 31.6 Å². The lowest BCUT2D eigenvalue weighted by atomic mass is 9.91. The molecule has 1 fully saturated rings. The third-order valence-corrected chi connectivity index (χ3v) is 4.98. The van der Waals surface area contributed by atoms with Gasteiger partial charge in [0.15, 0.2) is 5.60 Å². The molecule has 2 aromatic rings. The maximum absolute atomic E-state index is 12.9. The number of hydrogen-bond acceptors (Lipinski definition) is 4. The summed E-state index contributed by atoms with van der Waals surface area (Å²) in [6, 6.07) is 14.0. The van der Waals surface area contributed by atoms with Crippen LogP contribution in [-0.4, -0.2) is 53.1 Å². The summed E-state index contributed by atoms with van der Waals surface area (Å²) in [6.07, 6.45) is 4.85. The second-order valence-corrected chi connectivity index (χ2v) is 7.27. The van der Waals surface area contributed by atoms with Gasteiger partial charge in [-0.05, 0) is 50.4 Å². The second kappa shape index (κ2) is 8.52. The largest absolute Gasteiger partial charge is 0.468 e. The fraction of sp³-hybridized carbons (Fsp3) is 0.476. The molecule has 1 aliphatic heterocycles. The van der Waals surface area contributed by atoms with E-state index in [4.69, 9.17) is 4.42 Å². The molecule has 5 heteroatoms. The summed E-state index contributed by atoms with van der Waals surface area (Å²) in [5.74, 6) is 0.696. The van der Waals surface area contributed by atoms with Gasteiger partial charge in [0, 0.05) is 19.6 Å². The summed E-state index contributed by atoms with van der Waals surface area (Å²) in [7, 11) is 1.90. The molecule has 3 rings (SSSR count). The number of carbonyl (C=O) groups excluding carboxylic acids is 1. The summed E-state index contributed by atoms with van der Waals surface area (Å²) in [5.41, 5.74) is -0.0165. The molecule has 1 N–H and O–H groups in total. The number of likely N-dealkylation sites (N-methyl/N-ethyl adjacent to an activating group) is 1. The van der Waals surface area contributed by atoms with Crippen molar-refractivity contribution in [3.8, 4) is 0 Å². The molecule has 2 heterocycles. The first-order valence-electron chi connectivity index (χ1n) is 9.33. The number of aryl methyl sites for hydroxylation is 1. The molecule has 1 saturated heterocycles. The normalized spacial score (nSPS) is 20.7. The zero-order valence-electron chi connectivity index (χ0n) is 15.4. The summed E-state index contributed by atoms with van der Waals surface area (Å²) < 4.78 is 5.35. The van der Waals surface area contributed by atoms with Crippen LogP contribution >= 0.6 is 0 Å². The summed E-state index contributed by atoms with van der Waals surface area (Å²) in [6.45, 7) is 2.33. The highest BCUT2D eigenvalue weighted by molar-refractivity contribution is 5.86. The lowest BCUT2D eigenvalue weighted by Gasteiger charge is -2.40. The Bertz CT molecular complexity index is 687. The van der Waals surface area contributed by atoms with E-state index < -0.39 is 5.60 Å². The Hall–Kier alpha value is -2.11. The van der Waals surface area contributed by atoms with E-state index in [1.54, 1.807) is 6.26 Å². The first kappa shape index (κ1) is 18.7. The minimum atomic E-state index is -1.30. The van der Waals surface area contributed by atoms with Gasteiger partial charge in [-0.1, -0.05) is 30.3 Å². The van der Waals surface area contributed by atoms with Crippen molar-refractivity contribution in [2.75, 3.05) is 26.7 Å². The summed E-state index contributed by atoms with van der Waals surface area (Å²) in [5, 5.41) is 11.0. The van der Waals surface area contributed by atoms with Gasteiger partial charge in [0.05, 0.1) is 12.8 Å². The van der Waals surface area contributed by atoms with Crippen LogP contribution in [0.25, 0.3) is 0 Å². The van der Waals surface area contributed by atoms with Crippen LogP contribution in [0.3, 0.4) is 0 Å². The zero-order valence-corrected chi connectivity index (χ0v) is 15.4. The Morgan fingerprint density at radius 3 is 2.77 bits per heavy atom. The van der Waals surface area contributed by atoms with Gasteiger partial charge in [-0.3, -0.25) is 9.69 Å². The Kier molecular flexibility index (Phi) is 6.12. The minimum absolute atomic E-state index is 0.136. The maximum Gasteiger partial charge on any atom is 0.255 e. The van der Waals surface area contributed by atoms with Crippen molar-refractivity contribution in [1.82, 2.24) is 9.80 Å².